The van der Waals surface area contributed by atoms with Crippen LogP contribution in [0.4, 0.5) is 0 Å². The Kier molecular flexibility index (Phi) is 5.00. The molecular weight excluding hydrogens is 302 g/mol. The molecule has 0 spiro atoms. The van der Waals surface area contributed by atoms with Crippen molar-refractivity contribution in [2.24, 2.45) is 5.73 Å². The van der Waals surface area contributed by atoms with Gasteiger partial charge in [-0.1, -0.05) is 42.5 Å². The van der Waals surface area contributed by atoms with E-state index in [1.165, 1.54) is 0 Å². The lowest BCUT2D eigenvalue weighted by molar-refractivity contribution is 0.300. The number of para-hydroxylation sites is 1. The summed E-state index contributed by atoms with van der Waals surface area (Å²) < 4.78 is 6.93. The van der Waals surface area contributed by atoms with E-state index in [9.17, 15) is 0 Å². The molecule has 2 aromatic carbocycles. The van der Waals surface area contributed by atoms with Gasteiger partial charge in [0.05, 0.1) is 4.47 Å². The van der Waals surface area contributed by atoms with Crippen molar-refractivity contribution in [2.75, 3.05) is 0 Å². The summed E-state index contributed by atoms with van der Waals surface area (Å²) in [5.74, 6) is 0.892. The van der Waals surface area contributed by atoms with Gasteiger partial charge in [-0.15, -0.1) is 0 Å². The lowest BCUT2D eigenvalue weighted by Crippen LogP contribution is -2.18. The summed E-state index contributed by atoms with van der Waals surface area (Å²) in [6, 6.07) is 16.3. The topological polar surface area (TPSA) is 35.2 Å². The zero-order chi connectivity index (χ0) is 13.7. The summed E-state index contributed by atoms with van der Waals surface area (Å²) in [5, 5.41) is 0. The fourth-order valence-corrected chi connectivity index (χ4v) is 2.47. The van der Waals surface area contributed by atoms with Crippen molar-refractivity contribution in [2.45, 2.75) is 26.0 Å². The Morgan fingerprint density at radius 2 is 1.84 bits per heavy atom. The van der Waals surface area contributed by atoms with E-state index in [1.54, 1.807) is 0 Å². The molecule has 1 atom stereocenters. The van der Waals surface area contributed by atoms with Crippen LogP contribution in [0.1, 0.15) is 18.1 Å². The van der Waals surface area contributed by atoms with E-state index in [0.717, 1.165) is 27.8 Å². The van der Waals surface area contributed by atoms with E-state index in [2.05, 4.69) is 34.1 Å². The molecule has 0 amide bonds. The van der Waals surface area contributed by atoms with Crippen LogP contribution in [0.3, 0.4) is 0 Å². The second kappa shape index (κ2) is 6.73. The molecule has 0 radical (unpaired) electrons. The maximum Gasteiger partial charge on any atom is 0.137 e. The molecule has 0 aliphatic rings. The highest BCUT2D eigenvalue weighted by Gasteiger charge is 2.10. The van der Waals surface area contributed by atoms with Gasteiger partial charge in [-0.05, 0) is 46.5 Å². The smallest absolute Gasteiger partial charge is 0.137 e. The molecule has 0 aliphatic carbocycles. The van der Waals surface area contributed by atoms with Gasteiger partial charge in [0, 0.05) is 6.04 Å². The molecule has 2 aromatic rings. The van der Waals surface area contributed by atoms with E-state index < -0.39 is 0 Å². The number of ether oxygens (including phenoxy) is 1. The molecule has 1 unspecified atom stereocenters. The van der Waals surface area contributed by atoms with Crippen LogP contribution in [-0.4, -0.2) is 6.04 Å². The third kappa shape index (κ3) is 4.08. The first-order valence-corrected chi connectivity index (χ1v) is 7.16. The first kappa shape index (κ1) is 14.1. The largest absolute Gasteiger partial charge is 0.487 e. The molecule has 3 heteroatoms. The van der Waals surface area contributed by atoms with Crippen molar-refractivity contribution in [1.82, 2.24) is 0 Å². The first-order valence-electron chi connectivity index (χ1n) is 6.36. The van der Waals surface area contributed by atoms with Gasteiger partial charge in [0.15, 0.2) is 0 Å². The Morgan fingerprint density at radius 1 is 1.11 bits per heavy atom. The molecule has 2 nitrogen and oxygen atoms in total. The second-order valence-electron chi connectivity index (χ2n) is 4.68. The molecule has 19 heavy (non-hydrogen) atoms. The molecule has 0 aromatic heterocycles. The van der Waals surface area contributed by atoms with Gasteiger partial charge in [0.2, 0.25) is 0 Å². The van der Waals surface area contributed by atoms with Gasteiger partial charge in [0.25, 0.3) is 0 Å². The average molecular weight is 320 g/mol. The monoisotopic (exact) mass is 319 g/mol. The number of benzene rings is 2. The van der Waals surface area contributed by atoms with E-state index in [4.69, 9.17) is 10.5 Å². The van der Waals surface area contributed by atoms with Crippen molar-refractivity contribution in [1.29, 1.82) is 0 Å². The molecule has 0 heterocycles. The third-order valence-corrected chi connectivity index (χ3v) is 3.44. The fourth-order valence-electron chi connectivity index (χ4n) is 1.95. The minimum absolute atomic E-state index is 0.119. The Hall–Kier alpha value is -1.32. The SMILES string of the molecule is CC(N)Cc1cccc(Br)c1OCc1ccccc1. The van der Waals surface area contributed by atoms with Crippen LogP contribution in [0.15, 0.2) is 53.0 Å². The van der Waals surface area contributed by atoms with Crippen LogP contribution in [0.5, 0.6) is 5.75 Å². The normalized spacial score (nSPS) is 12.2. The van der Waals surface area contributed by atoms with Gasteiger partial charge < -0.3 is 10.5 Å². The number of halogens is 1. The Balaban J connectivity index is 2.14. The van der Waals surface area contributed by atoms with Crippen molar-refractivity contribution >= 4 is 15.9 Å². The predicted molar refractivity (Wildman–Crippen MR) is 82.3 cm³/mol. The molecule has 0 bridgehead atoms. The van der Waals surface area contributed by atoms with Crippen LogP contribution in [0.25, 0.3) is 0 Å². The fraction of sp³-hybridized carbons (Fsp3) is 0.250. The van der Waals surface area contributed by atoms with Gasteiger partial charge in [0.1, 0.15) is 12.4 Å². The van der Waals surface area contributed by atoms with Crippen molar-refractivity contribution in [3.63, 3.8) is 0 Å². The van der Waals surface area contributed by atoms with Crippen LogP contribution in [0, 0.1) is 0 Å². The maximum absolute atomic E-state index is 5.95. The molecule has 100 valence electrons. The molecule has 0 saturated heterocycles. The van der Waals surface area contributed by atoms with E-state index in [-0.39, 0.29) is 6.04 Å². The lowest BCUT2D eigenvalue weighted by Gasteiger charge is -2.14. The second-order valence-corrected chi connectivity index (χ2v) is 5.54. The summed E-state index contributed by atoms with van der Waals surface area (Å²) in [4.78, 5) is 0. The summed E-state index contributed by atoms with van der Waals surface area (Å²) in [5.41, 5.74) is 8.18. The quantitative estimate of drug-likeness (QED) is 0.906. The van der Waals surface area contributed by atoms with Crippen LogP contribution >= 0.6 is 15.9 Å². The van der Waals surface area contributed by atoms with Crippen molar-refractivity contribution in [3.05, 3.63) is 64.1 Å². The van der Waals surface area contributed by atoms with Gasteiger partial charge in [-0.2, -0.15) is 0 Å². The number of hydrogen-bond acceptors (Lipinski definition) is 2. The number of hydrogen-bond donors (Lipinski definition) is 1. The third-order valence-electron chi connectivity index (χ3n) is 2.82. The highest BCUT2D eigenvalue weighted by Crippen LogP contribution is 2.30. The Bertz CT molecular complexity index is 526. The van der Waals surface area contributed by atoms with Crippen molar-refractivity contribution in [3.8, 4) is 5.75 Å². The van der Waals surface area contributed by atoms with Gasteiger partial charge >= 0.3 is 0 Å². The van der Waals surface area contributed by atoms with Crippen LogP contribution < -0.4 is 10.5 Å². The summed E-state index contributed by atoms with van der Waals surface area (Å²) in [6.45, 7) is 2.57. The molecule has 2 N–H and O–H groups in total. The maximum atomic E-state index is 5.95. The minimum Gasteiger partial charge on any atom is -0.487 e. The summed E-state index contributed by atoms with van der Waals surface area (Å²) in [7, 11) is 0. The van der Waals surface area contributed by atoms with Crippen LogP contribution in [-0.2, 0) is 13.0 Å². The number of rotatable bonds is 5. The summed E-state index contributed by atoms with van der Waals surface area (Å²) >= 11 is 3.54. The number of nitrogens with two attached hydrogens (primary N) is 1. The van der Waals surface area contributed by atoms with E-state index >= 15 is 0 Å². The standard InChI is InChI=1S/C16H18BrNO/c1-12(18)10-14-8-5-9-15(17)16(14)19-11-13-6-3-2-4-7-13/h2-9,12H,10-11,18H2,1H3. The molecule has 0 saturated carbocycles. The highest BCUT2D eigenvalue weighted by molar-refractivity contribution is 9.10. The van der Waals surface area contributed by atoms with Crippen LogP contribution in [0.2, 0.25) is 0 Å². The Labute approximate surface area is 122 Å². The zero-order valence-corrected chi connectivity index (χ0v) is 12.6. The van der Waals surface area contributed by atoms with Gasteiger partial charge in [-0.25, -0.2) is 0 Å². The molecule has 2 rings (SSSR count). The minimum atomic E-state index is 0.119. The average Bonchev–Trinajstić information content (AvgIpc) is 2.38. The zero-order valence-electron chi connectivity index (χ0n) is 11.0. The first-order chi connectivity index (χ1) is 9.16. The molecular formula is C16H18BrNO. The highest BCUT2D eigenvalue weighted by atomic mass is 79.9. The van der Waals surface area contributed by atoms with E-state index in [1.807, 2.05) is 37.3 Å². The van der Waals surface area contributed by atoms with E-state index in [0.29, 0.717) is 6.61 Å². The summed E-state index contributed by atoms with van der Waals surface area (Å²) in [6.07, 6.45) is 0.809. The van der Waals surface area contributed by atoms with Crippen molar-refractivity contribution < 1.29 is 4.74 Å². The molecule has 0 aliphatic heterocycles. The predicted octanol–water partition coefficient (Wildman–Crippen LogP) is 3.92. The van der Waals surface area contributed by atoms with Gasteiger partial charge in [-0.3, -0.25) is 0 Å². The molecule has 0 fully saturated rings. The Morgan fingerprint density at radius 3 is 2.53 bits per heavy atom. The lowest BCUT2D eigenvalue weighted by atomic mass is 10.1.